The maximum atomic E-state index is 5.64. The van der Waals surface area contributed by atoms with Crippen LogP contribution in [0.2, 0.25) is 0 Å². The minimum atomic E-state index is 0.572. The van der Waals surface area contributed by atoms with E-state index in [4.69, 9.17) is 9.47 Å². The van der Waals surface area contributed by atoms with E-state index in [-0.39, 0.29) is 0 Å². The van der Waals surface area contributed by atoms with E-state index in [1.165, 1.54) is 11.3 Å². The van der Waals surface area contributed by atoms with Crippen LogP contribution in [0.3, 0.4) is 0 Å². The summed E-state index contributed by atoms with van der Waals surface area (Å²) in [5.74, 6) is 3.17. The standard InChI is InChI=1S/C20H18N4O2/c1-2-4-16-14(3-1)7-8-24(16)20-12-19(21-13-22-20)23-15-5-6-17-18(11-15)26-10-9-25-17/h1-6,11-13H,7-10H2,(H,21,22,23). The van der Waals surface area contributed by atoms with Gasteiger partial charge in [-0.1, -0.05) is 18.2 Å². The van der Waals surface area contributed by atoms with E-state index >= 15 is 0 Å². The number of para-hydroxylation sites is 1. The molecule has 6 heteroatoms. The van der Waals surface area contributed by atoms with Gasteiger partial charge in [-0.25, -0.2) is 9.97 Å². The average molecular weight is 346 g/mol. The summed E-state index contributed by atoms with van der Waals surface area (Å²) in [5.41, 5.74) is 3.48. The number of fused-ring (bicyclic) bond motifs is 2. The first-order chi connectivity index (χ1) is 12.9. The van der Waals surface area contributed by atoms with Gasteiger partial charge in [0.15, 0.2) is 11.5 Å². The Morgan fingerprint density at radius 1 is 0.923 bits per heavy atom. The summed E-state index contributed by atoms with van der Waals surface area (Å²) < 4.78 is 11.2. The minimum absolute atomic E-state index is 0.572. The van der Waals surface area contributed by atoms with Crippen molar-refractivity contribution in [2.75, 3.05) is 30.0 Å². The lowest BCUT2D eigenvalue weighted by Gasteiger charge is -2.20. The van der Waals surface area contributed by atoms with E-state index in [9.17, 15) is 0 Å². The molecule has 2 aliphatic rings. The van der Waals surface area contributed by atoms with Crippen LogP contribution in [0.4, 0.5) is 23.0 Å². The third-order valence-corrected chi connectivity index (χ3v) is 4.63. The molecule has 130 valence electrons. The van der Waals surface area contributed by atoms with Crippen molar-refractivity contribution in [2.45, 2.75) is 6.42 Å². The van der Waals surface area contributed by atoms with Crippen molar-refractivity contribution in [2.24, 2.45) is 0 Å². The molecule has 0 amide bonds. The molecule has 3 aromatic rings. The maximum Gasteiger partial charge on any atom is 0.163 e. The van der Waals surface area contributed by atoms with Crippen LogP contribution in [0.1, 0.15) is 5.56 Å². The molecule has 0 aliphatic carbocycles. The molecule has 0 radical (unpaired) electrons. The van der Waals surface area contributed by atoms with Crippen molar-refractivity contribution in [3.8, 4) is 11.5 Å². The van der Waals surface area contributed by atoms with Crippen LogP contribution >= 0.6 is 0 Å². The van der Waals surface area contributed by atoms with Crippen molar-refractivity contribution < 1.29 is 9.47 Å². The highest BCUT2D eigenvalue weighted by Gasteiger charge is 2.21. The van der Waals surface area contributed by atoms with Gasteiger partial charge in [0.1, 0.15) is 31.2 Å². The number of aromatic nitrogens is 2. The number of nitrogens with zero attached hydrogens (tertiary/aromatic N) is 3. The minimum Gasteiger partial charge on any atom is -0.486 e. The molecule has 3 heterocycles. The zero-order valence-corrected chi connectivity index (χ0v) is 14.2. The molecule has 0 saturated heterocycles. The second-order valence-electron chi connectivity index (χ2n) is 6.28. The molecule has 1 N–H and O–H groups in total. The summed E-state index contributed by atoms with van der Waals surface area (Å²) >= 11 is 0. The highest BCUT2D eigenvalue weighted by molar-refractivity contribution is 5.70. The normalized spacial score (nSPS) is 14.8. The molecular weight excluding hydrogens is 328 g/mol. The van der Waals surface area contributed by atoms with Gasteiger partial charge in [0, 0.05) is 30.1 Å². The molecule has 6 nitrogen and oxygen atoms in total. The fourth-order valence-corrected chi connectivity index (χ4v) is 3.41. The monoisotopic (exact) mass is 346 g/mol. The lowest BCUT2D eigenvalue weighted by Crippen LogP contribution is -2.15. The molecule has 5 rings (SSSR count). The topological polar surface area (TPSA) is 59.5 Å². The number of nitrogens with one attached hydrogen (secondary N) is 1. The predicted octanol–water partition coefficient (Wildman–Crippen LogP) is 3.69. The fraction of sp³-hybridized carbons (Fsp3) is 0.200. The largest absolute Gasteiger partial charge is 0.486 e. The smallest absolute Gasteiger partial charge is 0.163 e. The molecule has 0 bridgehead atoms. The predicted molar refractivity (Wildman–Crippen MR) is 99.9 cm³/mol. The average Bonchev–Trinajstić information content (AvgIpc) is 3.12. The Balaban J connectivity index is 1.41. The summed E-state index contributed by atoms with van der Waals surface area (Å²) in [6.07, 6.45) is 2.63. The van der Waals surface area contributed by atoms with Crippen LogP contribution < -0.4 is 19.7 Å². The molecule has 2 aromatic carbocycles. The second-order valence-corrected chi connectivity index (χ2v) is 6.28. The first kappa shape index (κ1) is 15.0. The lowest BCUT2D eigenvalue weighted by atomic mass is 10.2. The summed E-state index contributed by atoms with van der Waals surface area (Å²) in [7, 11) is 0. The molecule has 2 aliphatic heterocycles. The zero-order valence-electron chi connectivity index (χ0n) is 14.2. The van der Waals surface area contributed by atoms with E-state index in [0.717, 1.165) is 41.8 Å². The first-order valence-corrected chi connectivity index (χ1v) is 8.71. The van der Waals surface area contributed by atoms with Crippen LogP contribution in [0.5, 0.6) is 11.5 Å². The summed E-state index contributed by atoms with van der Waals surface area (Å²) in [4.78, 5) is 11.0. The van der Waals surface area contributed by atoms with Crippen molar-refractivity contribution in [1.82, 2.24) is 9.97 Å². The van der Waals surface area contributed by atoms with Gasteiger partial charge >= 0.3 is 0 Å². The Labute approximate surface area is 151 Å². The Bertz CT molecular complexity index is 960. The van der Waals surface area contributed by atoms with Gasteiger partial charge in [-0.05, 0) is 30.2 Å². The molecule has 0 saturated carbocycles. The van der Waals surface area contributed by atoms with Gasteiger partial charge in [-0.2, -0.15) is 0 Å². The van der Waals surface area contributed by atoms with Gasteiger partial charge < -0.3 is 19.7 Å². The lowest BCUT2D eigenvalue weighted by molar-refractivity contribution is 0.171. The number of hydrogen-bond acceptors (Lipinski definition) is 6. The van der Waals surface area contributed by atoms with Crippen LogP contribution in [0.25, 0.3) is 0 Å². The summed E-state index contributed by atoms with van der Waals surface area (Å²) in [5, 5.41) is 3.33. The molecule has 1 aromatic heterocycles. The molecule has 0 unspecified atom stereocenters. The zero-order chi connectivity index (χ0) is 17.3. The van der Waals surface area contributed by atoms with Gasteiger partial charge in [0.2, 0.25) is 0 Å². The van der Waals surface area contributed by atoms with Gasteiger partial charge in [-0.15, -0.1) is 0 Å². The number of benzene rings is 2. The van der Waals surface area contributed by atoms with Gasteiger partial charge in [0.25, 0.3) is 0 Å². The van der Waals surface area contributed by atoms with Crippen molar-refractivity contribution in [3.05, 3.63) is 60.4 Å². The van der Waals surface area contributed by atoms with Crippen LogP contribution in [-0.4, -0.2) is 29.7 Å². The number of hydrogen-bond donors (Lipinski definition) is 1. The first-order valence-electron chi connectivity index (χ1n) is 8.71. The van der Waals surface area contributed by atoms with Crippen molar-refractivity contribution in [3.63, 3.8) is 0 Å². The Morgan fingerprint density at radius 2 is 1.81 bits per heavy atom. The summed E-state index contributed by atoms with van der Waals surface area (Å²) in [6.45, 7) is 2.09. The summed E-state index contributed by atoms with van der Waals surface area (Å²) in [6, 6.07) is 16.2. The number of anilines is 4. The third-order valence-electron chi connectivity index (χ3n) is 4.63. The van der Waals surface area contributed by atoms with Crippen LogP contribution in [0, 0.1) is 0 Å². The van der Waals surface area contributed by atoms with E-state index < -0.39 is 0 Å². The molecule has 0 fully saturated rings. The molecular formula is C20H18N4O2. The Morgan fingerprint density at radius 3 is 2.77 bits per heavy atom. The highest BCUT2D eigenvalue weighted by atomic mass is 16.6. The molecule has 26 heavy (non-hydrogen) atoms. The quantitative estimate of drug-likeness (QED) is 0.781. The Hall–Kier alpha value is -3.28. The van der Waals surface area contributed by atoms with Gasteiger partial charge in [-0.3, -0.25) is 0 Å². The van der Waals surface area contributed by atoms with Crippen molar-refractivity contribution >= 4 is 23.0 Å². The van der Waals surface area contributed by atoms with Crippen LogP contribution in [-0.2, 0) is 6.42 Å². The van der Waals surface area contributed by atoms with Crippen molar-refractivity contribution in [1.29, 1.82) is 0 Å². The Kier molecular flexibility index (Phi) is 3.59. The highest BCUT2D eigenvalue weighted by Crippen LogP contribution is 2.35. The van der Waals surface area contributed by atoms with E-state index in [0.29, 0.717) is 13.2 Å². The maximum absolute atomic E-state index is 5.64. The fourth-order valence-electron chi connectivity index (χ4n) is 3.41. The second kappa shape index (κ2) is 6.22. The van der Waals surface area contributed by atoms with E-state index in [1.807, 2.05) is 24.3 Å². The third kappa shape index (κ3) is 2.69. The van der Waals surface area contributed by atoms with Gasteiger partial charge in [0.05, 0.1) is 0 Å². The van der Waals surface area contributed by atoms with Crippen LogP contribution in [0.15, 0.2) is 54.9 Å². The molecule has 0 atom stereocenters. The number of rotatable bonds is 3. The SMILES string of the molecule is c1ccc2c(c1)CCN2c1cc(Nc2ccc3c(c2)OCCO3)ncn1. The van der Waals surface area contributed by atoms with E-state index in [2.05, 4.69) is 44.5 Å². The van der Waals surface area contributed by atoms with E-state index in [1.54, 1.807) is 6.33 Å². The number of ether oxygens (including phenoxy) is 2. The molecule has 0 spiro atoms.